The first-order chi connectivity index (χ1) is 11.3. The summed E-state index contributed by atoms with van der Waals surface area (Å²) in [4.78, 5) is 12.8. The Bertz CT molecular complexity index is 770. The van der Waals surface area contributed by atoms with E-state index in [1.807, 2.05) is 6.92 Å². The standard InChI is InChI=1S/C16H21N7O/c1-10-8-16(2,3)23(22-10)15-20-13(19-14(18)21-15)9-24-12-6-4-11(17)5-7-12/h4-7H,8-9,17H2,1-3H3,(H2,18,19,20,21). The molecule has 0 unspecified atom stereocenters. The zero-order chi connectivity index (χ0) is 17.3. The molecule has 3 rings (SSSR count). The molecule has 1 aliphatic rings. The van der Waals surface area contributed by atoms with Crippen molar-refractivity contribution >= 4 is 23.3 Å². The van der Waals surface area contributed by atoms with E-state index in [2.05, 4.69) is 33.9 Å². The molecule has 1 aromatic carbocycles. The lowest BCUT2D eigenvalue weighted by molar-refractivity contribution is 0.295. The van der Waals surface area contributed by atoms with E-state index in [9.17, 15) is 0 Å². The van der Waals surface area contributed by atoms with Crippen LogP contribution in [0, 0.1) is 0 Å². The quantitative estimate of drug-likeness (QED) is 0.825. The van der Waals surface area contributed by atoms with Crippen molar-refractivity contribution in [2.24, 2.45) is 5.10 Å². The highest BCUT2D eigenvalue weighted by Gasteiger charge is 2.35. The topological polar surface area (TPSA) is 116 Å². The summed E-state index contributed by atoms with van der Waals surface area (Å²) < 4.78 is 5.67. The van der Waals surface area contributed by atoms with Gasteiger partial charge in [0.15, 0.2) is 5.82 Å². The lowest BCUT2D eigenvalue weighted by Crippen LogP contribution is -2.38. The molecule has 0 amide bonds. The molecule has 8 heteroatoms. The third-order valence-electron chi connectivity index (χ3n) is 3.66. The molecular formula is C16H21N7O. The van der Waals surface area contributed by atoms with Gasteiger partial charge in [0, 0.05) is 17.8 Å². The van der Waals surface area contributed by atoms with E-state index in [4.69, 9.17) is 16.2 Å². The van der Waals surface area contributed by atoms with Gasteiger partial charge < -0.3 is 16.2 Å². The Morgan fingerprint density at radius 1 is 1.12 bits per heavy atom. The summed E-state index contributed by atoms with van der Waals surface area (Å²) in [5.41, 5.74) is 13.0. The molecule has 8 nitrogen and oxygen atoms in total. The average molecular weight is 327 g/mol. The van der Waals surface area contributed by atoms with Crippen LogP contribution in [0.1, 0.15) is 33.0 Å². The molecule has 0 saturated carbocycles. The minimum atomic E-state index is -0.201. The predicted octanol–water partition coefficient (Wildman–Crippen LogP) is 1.98. The number of hydrazone groups is 1. The Morgan fingerprint density at radius 3 is 2.46 bits per heavy atom. The Kier molecular flexibility index (Phi) is 3.96. The second kappa shape index (κ2) is 5.95. The molecule has 1 aliphatic heterocycles. The number of hydrogen-bond donors (Lipinski definition) is 2. The molecule has 0 aliphatic carbocycles. The van der Waals surface area contributed by atoms with Crippen LogP contribution in [0.5, 0.6) is 5.75 Å². The van der Waals surface area contributed by atoms with Crippen LogP contribution in [0.2, 0.25) is 0 Å². The molecule has 0 bridgehead atoms. The van der Waals surface area contributed by atoms with Crippen molar-refractivity contribution in [2.75, 3.05) is 16.5 Å². The van der Waals surface area contributed by atoms with Crippen LogP contribution in [0.3, 0.4) is 0 Å². The lowest BCUT2D eigenvalue weighted by atomic mass is 9.99. The van der Waals surface area contributed by atoms with Crippen LogP contribution >= 0.6 is 0 Å². The summed E-state index contributed by atoms with van der Waals surface area (Å²) in [7, 11) is 0. The second-order valence-electron chi connectivity index (χ2n) is 6.40. The van der Waals surface area contributed by atoms with Gasteiger partial charge in [0.2, 0.25) is 5.95 Å². The Balaban J connectivity index is 1.80. The van der Waals surface area contributed by atoms with Gasteiger partial charge in [0.25, 0.3) is 5.95 Å². The van der Waals surface area contributed by atoms with Crippen molar-refractivity contribution in [1.29, 1.82) is 0 Å². The van der Waals surface area contributed by atoms with Gasteiger partial charge in [0.05, 0.1) is 5.54 Å². The van der Waals surface area contributed by atoms with E-state index < -0.39 is 0 Å². The maximum Gasteiger partial charge on any atom is 0.251 e. The van der Waals surface area contributed by atoms with Crippen molar-refractivity contribution in [2.45, 2.75) is 39.3 Å². The van der Waals surface area contributed by atoms with E-state index in [1.165, 1.54) is 0 Å². The zero-order valence-electron chi connectivity index (χ0n) is 14.0. The first kappa shape index (κ1) is 16.0. The van der Waals surface area contributed by atoms with Gasteiger partial charge in [-0.1, -0.05) is 0 Å². The van der Waals surface area contributed by atoms with Crippen LogP contribution in [0.15, 0.2) is 29.4 Å². The van der Waals surface area contributed by atoms with Gasteiger partial charge in [-0.3, -0.25) is 0 Å². The summed E-state index contributed by atoms with van der Waals surface area (Å²) in [6.07, 6.45) is 0.843. The molecule has 0 atom stereocenters. The smallest absolute Gasteiger partial charge is 0.251 e. The van der Waals surface area contributed by atoms with Crippen LogP contribution < -0.4 is 21.2 Å². The van der Waals surface area contributed by atoms with Gasteiger partial charge >= 0.3 is 0 Å². The number of rotatable bonds is 4. The van der Waals surface area contributed by atoms with Gasteiger partial charge in [-0.05, 0) is 45.0 Å². The number of benzene rings is 1. The van der Waals surface area contributed by atoms with Crippen molar-refractivity contribution in [3.63, 3.8) is 0 Å². The van der Waals surface area contributed by atoms with Crippen molar-refractivity contribution in [1.82, 2.24) is 15.0 Å². The van der Waals surface area contributed by atoms with Crippen molar-refractivity contribution in [3.05, 3.63) is 30.1 Å². The molecular weight excluding hydrogens is 306 g/mol. The molecule has 1 aromatic heterocycles. The van der Waals surface area contributed by atoms with Crippen LogP contribution in [-0.2, 0) is 6.61 Å². The fourth-order valence-electron chi connectivity index (χ4n) is 2.65. The minimum absolute atomic E-state index is 0.145. The summed E-state index contributed by atoms with van der Waals surface area (Å²) >= 11 is 0. The number of ether oxygens (including phenoxy) is 1. The first-order valence-corrected chi connectivity index (χ1v) is 7.66. The Morgan fingerprint density at radius 2 is 1.83 bits per heavy atom. The van der Waals surface area contributed by atoms with E-state index >= 15 is 0 Å². The third kappa shape index (κ3) is 3.37. The average Bonchev–Trinajstić information content (AvgIpc) is 2.79. The number of anilines is 3. The zero-order valence-corrected chi connectivity index (χ0v) is 14.0. The summed E-state index contributed by atoms with van der Waals surface area (Å²) in [5, 5.41) is 6.29. The molecule has 126 valence electrons. The number of aromatic nitrogens is 3. The molecule has 4 N–H and O–H groups in total. The summed E-state index contributed by atoms with van der Waals surface area (Å²) in [6, 6.07) is 7.12. The largest absolute Gasteiger partial charge is 0.486 e. The normalized spacial score (nSPS) is 16.1. The number of hydrogen-bond acceptors (Lipinski definition) is 8. The van der Waals surface area contributed by atoms with Crippen molar-refractivity contribution < 1.29 is 4.74 Å². The first-order valence-electron chi connectivity index (χ1n) is 7.66. The van der Waals surface area contributed by atoms with Crippen molar-refractivity contribution in [3.8, 4) is 5.75 Å². The fraction of sp³-hybridized carbons (Fsp3) is 0.375. The molecule has 24 heavy (non-hydrogen) atoms. The lowest BCUT2D eigenvalue weighted by Gasteiger charge is -2.28. The monoisotopic (exact) mass is 327 g/mol. The van der Waals surface area contributed by atoms with Gasteiger partial charge in [0.1, 0.15) is 12.4 Å². The highest BCUT2D eigenvalue weighted by Crippen LogP contribution is 2.30. The van der Waals surface area contributed by atoms with E-state index in [0.29, 0.717) is 23.2 Å². The molecule has 0 radical (unpaired) electrons. The van der Waals surface area contributed by atoms with Gasteiger partial charge in [-0.25, -0.2) is 5.01 Å². The minimum Gasteiger partial charge on any atom is -0.486 e. The van der Waals surface area contributed by atoms with Crippen LogP contribution in [0.4, 0.5) is 17.6 Å². The summed E-state index contributed by atoms with van der Waals surface area (Å²) in [5.74, 6) is 1.71. The molecule has 0 saturated heterocycles. The Labute approximate surface area is 140 Å². The highest BCUT2D eigenvalue weighted by molar-refractivity contribution is 5.86. The highest BCUT2D eigenvalue weighted by atomic mass is 16.5. The van der Waals surface area contributed by atoms with Crippen LogP contribution in [-0.4, -0.2) is 26.2 Å². The van der Waals surface area contributed by atoms with Gasteiger partial charge in [-0.2, -0.15) is 20.1 Å². The third-order valence-corrected chi connectivity index (χ3v) is 3.66. The van der Waals surface area contributed by atoms with E-state index in [1.54, 1.807) is 29.3 Å². The molecule has 2 aromatic rings. The number of nitrogen functional groups attached to an aromatic ring is 2. The molecule has 2 heterocycles. The molecule has 0 spiro atoms. The Hall–Kier alpha value is -2.90. The maximum atomic E-state index is 5.83. The second-order valence-corrected chi connectivity index (χ2v) is 6.40. The van der Waals surface area contributed by atoms with E-state index in [-0.39, 0.29) is 18.1 Å². The molecule has 0 fully saturated rings. The van der Waals surface area contributed by atoms with E-state index in [0.717, 1.165) is 12.1 Å². The maximum absolute atomic E-state index is 5.83. The number of nitrogens with two attached hydrogens (primary N) is 2. The number of nitrogens with zero attached hydrogens (tertiary/aromatic N) is 5. The fourth-order valence-corrected chi connectivity index (χ4v) is 2.65. The summed E-state index contributed by atoms with van der Waals surface area (Å²) in [6.45, 7) is 6.33. The van der Waals surface area contributed by atoms with Gasteiger partial charge in [-0.15, -0.1) is 0 Å². The predicted molar refractivity (Wildman–Crippen MR) is 93.7 cm³/mol. The van der Waals surface area contributed by atoms with Crippen LogP contribution in [0.25, 0.3) is 0 Å². The SMILES string of the molecule is CC1=NN(c2nc(N)nc(COc3ccc(N)cc3)n2)C(C)(C)C1.